The second kappa shape index (κ2) is 5.50. The van der Waals surface area contributed by atoms with Crippen LogP contribution in [0.2, 0.25) is 0 Å². The minimum atomic E-state index is -0.390. The number of carbonyl (C=O) groups excluding carboxylic acids is 2. The molecule has 1 heterocycles. The molecule has 1 aliphatic heterocycles. The SMILES string of the molecule is CCOC[C@@H](N)[C@H](C)N1C(=O)c2ccccc2C1=O. The summed E-state index contributed by atoms with van der Waals surface area (Å²) in [5.74, 6) is -0.555. The van der Waals surface area contributed by atoms with Gasteiger partial charge in [0.25, 0.3) is 11.8 Å². The van der Waals surface area contributed by atoms with Gasteiger partial charge < -0.3 is 10.5 Å². The van der Waals surface area contributed by atoms with Crippen LogP contribution in [0.4, 0.5) is 0 Å². The topological polar surface area (TPSA) is 72.6 Å². The molecule has 0 aromatic heterocycles. The standard InChI is InChI=1S/C14H18N2O3/c1-3-19-8-12(15)9(2)16-13(17)10-6-4-5-7-11(10)14(16)18/h4-7,9,12H,3,8,15H2,1-2H3/t9-,12+/m0/s1. The quantitative estimate of drug-likeness (QED) is 0.805. The fourth-order valence-electron chi connectivity index (χ4n) is 2.16. The van der Waals surface area contributed by atoms with Gasteiger partial charge in [-0.25, -0.2) is 0 Å². The Bertz CT molecular complexity index is 466. The number of nitrogens with zero attached hydrogens (tertiary/aromatic N) is 1. The van der Waals surface area contributed by atoms with Gasteiger partial charge >= 0.3 is 0 Å². The predicted molar refractivity (Wildman–Crippen MR) is 70.9 cm³/mol. The van der Waals surface area contributed by atoms with Crippen molar-refractivity contribution < 1.29 is 14.3 Å². The normalized spacial score (nSPS) is 17.5. The third kappa shape index (κ3) is 2.39. The Morgan fingerprint density at radius 2 is 1.74 bits per heavy atom. The van der Waals surface area contributed by atoms with Crippen LogP contribution < -0.4 is 5.73 Å². The molecule has 2 amide bonds. The average Bonchev–Trinajstić information content (AvgIpc) is 2.68. The molecule has 0 saturated carbocycles. The van der Waals surface area contributed by atoms with Crippen LogP contribution in [0.3, 0.4) is 0 Å². The summed E-state index contributed by atoms with van der Waals surface area (Å²) in [7, 11) is 0. The Morgan fingerprint density at radius 1 is 1.21 bits per heavy atom. The van der Waals surface area contributed by atoms with E-state index in [1.807, 2.05) is 6.92 Å². The van der Waals surface area contributed by atoms with Gasteiger partial charge in [0.15, 0.2) is 0 Å². The number of ether oxygens (including phenoxy) is 1. The maximum atomic E-state index is 12.2. The van der Waals surface area contributed by atoms with Crippen LogP contribution >= 0.6 is 0 Å². The first-order valence-corrected chi connectivity index (χ1v) is 6.38. The van der Waals surface area contributed by atoms with E-state index in [1.54, 1.807) is 31.2 Å². The van der Waals surface area contributed by atoms with Crippen LogP contribution in [0.25, 0.3) is 0 Å². The molecule has 0 saturated heterocycles. The number of nitrogens with two attached hydrogens (primary N) is 1. The Labute approximate surface area is 112 Å². The van der Waals surface area contributed by atoms with E-state index in [0.29, 0.717) is 24.3 Å². The second-order valence-electron chi connectivity index (χ2n) is 4.59. The zero-order valence-corrected chi connectivity index (χ0v) is 11.1. The Morgan fingerprint density at radius 3 is 2.21 bits per heavy atom. The van der Waals surface area contributed by atoms with Gasteiger partial charge in [0.05, 0.1) is 23.8 Å². The van der Waals surface area contributed by atoms with Crippen LogP contribution in [0.15, 0.2) is 24.3 Å². The van der Waals surface area contributed by atoms with E-state index >= 15 is 0 Å². The highest BCUT2D eigenvalue weighted by atomic mass is 16.5. The largest absolute Gasteiger partial charge is 0.380 e. The van der Waals surface area contributed by atoms with Crippen molar-refractivity contribution in [1.29, 1.82) is 0 Å². The van der Waals surface area contributed by atoms with Crippen molar-refractivity contribution in [3.05, 3.63) is 35.4 Å². The number of fused-ring (bicyclic) bond motifs is 1. The molecule has 0 radical (unpaired) electrons. The van der Waals surface area contributed by atoms with E-state index in [0.717, 1.165) is 0 Å². The van der Waals surface area contributed by atoms with Crippen LogP contribution in [0.1, 0.15) is 34.6 Å². The molecule has 102 valence electrons. The molecule has 5 heteroatoms. The van der Waals surface area contributed by atoms with Crippen molar-refractivity contribution in [2.45, 2.75) is 25.9 Å². The van der Waals surface area contributed by atoms with Gasteiger partial charge in [0.1, 0.15) is 0 Å². The first-order chi connectivity index (χ1) is 9.07. The summed E-state index contributed by atoms with van der Waals surface area (Å²) in [6, 6.07) is 6.05. The summed E-state index contributed by atoms with van der Waals surface area (Å²) in [6.07, 6.45) is 0. The highest BCUT2D eigenvalue weighted by Gasteiger charge is 2.39. The fraction of sp³-hybridized carbons (Fsp3) is 0.429. The van der Waals surface area contributed by atoms with Gasteiger partial charge in [-0.2, -0.15) is 0 Å². The third-order valence-corrected chi connectivity index (χ3v) is 3.37. The Kier molecular flexibility index (Phi) is 3.97. The van der Waals surface area contributed by atoms with E-state index in [4.69, 9.17) is 10.5 Å². The first-order valence-electron chi connectivity index (χ1n) is 6.38. The number of amides is 2. The molecular weight excluding hydrogens is 244 g/mol. The molecular formula is C14H18N2O3. The van der Waals surface area contributed by atoms with Crippen molar-refractivity contribution in [2.24, 2.45) is 5.73 Å². The smallest absolute Gasteiger partial charge is 0.261 e. The molecule has 1 aromatic carbocycles. The molecule has 0 fully saturated rings. The number of carbonyl (C=O) groups is 2. The molecule has 2 rings (SSSR count). The van der Waals surface area contributed by atoms with Crippen molar-refractivity contribution in [3.63, 3.8) is 0 Å². The zero-order valence-electron chi connectivity index (χ0n) is 11.1. The molecule has 2 atom stereocenters. The average molecular weight is 262 g/mol. The van der Waals surface area contributed by atoms with Crippen molar-refractivity contribution in [2.75, 3.05) is 13.2 Å². The predicted octanol–water partition coefficient (Wildman–Crippen LogP) is 1.03. The maximum absolute atomic E-state index is 12.2. The van der Waals surface area contributed by atoms with Gasteiger partial charge in [-0.05, 0) is 26.0 Å². The molecule has 5 nitrogen and oxygen atoms in total. The van der Waals surface area contributed by atoms with Gasteiger partial charge in [-0.1, -0.05) is 12.1 Å². The summed E-state index contributed by atoms with van der Waals surface area (Å²) in [5, 5.41) is 0. The number of imide groups is 1. The van der Waals surface area contributed by atoms with Crippen molar-refractivity contribution >= 4 is 11.8 Å². The number of rotatable bonds is 5. The second-order valence-corrected chi connectivity index (χ2v) is 4.59. The highest BCUT2D eigenvalue weighted by molar-refractivity contribution is 6.21. The minimum Gasteiger partial charge on any atom is -0.380 e. The van der Waals surface area contributed by atoms with E-state index in [1.165, 1.54) is 4.90 Å². The van der Waals surface area contributed by atoms with Gasteiger partial charge in [0.2, 0.25) is 0 Å². The van der Waals surface area contributed by atoms with E-state index < -0.39 is 0 Å². The maximum Gasteiger partial charge on any atom is 0.261 e. The van der Waals surface area contributed by atoms with Crippen LogP contribution in [-0.4, -0.2) is 42.0 Å². The van der Waals surface area contributed by atoms with Gasteiger partial charge in [0, 0.05) is 12.6 Å². The van der Waals surface area contributed by atoms with Crippen LogP contribution in [0, 0.1) is 0 Å². The first kappa shape index (κ1) is 13.7. The van der Waals surface area contributed by atoms with Gasteiger partial charge in [-0.15, -0.1) is 0 Å². The van der Waals surface area contributed by atoms with Crippen LogP contribution in [0.5, 0.6) is 0 Å². The van der Waals surface area contributed by atoms with E-state index in [2.05, 4.69) is 0 Å². The molecule has 2 N–H and O–H groups in total. The molecule has 0 unspecified atom stereocenters. The molecule has 1 aromatic rings. The molecule has 0 aliphatic carbocycles. The molecule has 19 heavy (non-hydrogen) atoms. The Balaban J connectivity index is 2.19. The lowest BCUT2D eigenvalue weighted by atomic mass is 10.1. The summed E-state index contributed by atoms with van der Waals surface area (Å²) < 4.78 is 5.25. The van der Waals surface area contributed by atoms with Crippen molar-refractivity contribution in [1.82, 2.24) is 4.90 Å². The lowest BCUT2D eigenvalue weighted by Gasteiger charge is -2.27. The monoisotopic (exact) mass is 262 g/mol. The van der Waals surface area contributed by atoms with Crippen LogP contribution in [-0.2, 0) is 4.74 Å². The van der Waals surface area contributed by atoms with E-state index in [-0.39, 0.29) is 23.9 Å². The highest BCUT2D eigenvalue weighted by Crippen LogP contribution is 2.25. The number of benzene rings is 1. The lowest BCUT2D eigenvalue weighted by Crippen LogP contribution is -2.50. The summed E-state index contributed by atoms with van der Waals surface area (Å²) in [6.45, 7) is 4.53. The minimum absolute atomic E-state index is 0.278. The lowest BCUT2D eigenvalue weighted by molar-refractivity contribution is 0.0514. The summed E-state index contributed by atoms with van der Waals surface area (Å²) >= 11 is 0. The van der Waals surface area contributed by atoms with Crippen molar-refractivity contribution in [3.8, 4) is 0 Å². The Hall–Kier alpha value is -1.72. The number of hydrogen-bond acceptors (Lipinski definition) is 4. The van der Waals surface area contributed by atoms with Gasteiger partial charge in [-0.3, -0.25) is 14.5 Å². The number of hydrogen-bond donors (Lipinski definition) is 1. The fourth-order valence-corrected chi connectivity index (χ4v) is 2.16. The van der Waals surface area contributed by atoms with E-state index in [9.17, 15) is 9.59 Å². The summed E-state index contributed by atoms with van der Waals surface area (Å²) in [5.41, 5.74) is 6.87. The zero-order chi connectivity index (χ0) is 14.0. The third-order valence-electron chi connectivity index (χ3n) is 3.37. The molecule has 0 spiro atoms. The summed E-state index contributed by atoms with van der Waals surface area (Å²) in [4.78, 5) is 25.7. The molecule has 1 aliphatic rings. The molecule has 0 bridgehead atoms.